The molecule has 2 saturated carbocycles. The molecule has 2 aliphatic rings. The van der Waals surface area contributed by atoms with Gasteiger partial charge in [-0.05, 0) is 37.5 Å². The van der Waals surface area contributed by atoms with Crippen LogP contribution in [0.1, 0.15) is 65.2 Å². The SMILES string of the molecule is CC1(C)CCC(NC(=O)C2(C#N)CCCCC2)C1. The van der Waals surface area contributed by atoms with Crippen LogP contribution in [-0.4, -0.2) is 11.9 Å². The first-order chi connectivity index (χ1) is 8.47. The molecule has 100 valence electrons. The lowest BCUT2D eigenvalue weighted by Crippen LogP contribution is -2.45. The quantitative estimate of drug-likeness (QED) is 0.816. The summed E-state index contributed by atoms with van der Waals surface area (Å²) in [5, 5.41) is 12.5. The van der Waals surface area contributed by atoms with Crippen LogP contribution in [0.3, 0.4) is 0 Å². The predicted molar refractivity (Wildman–Crippen MR) is 70.7 cm³/mol. The number of nitriles is 1. The van der Waals surface area contributed by atoms with Gasteiger partial charge in [0.1, 0.15) is 5.41 Å². The second-order valence-electron chi connectivity index (χ2n) is 6.83. The van der Waals surface area contributed by atoms with Crippen LogP contribution in [0.15, 0.2) is 0 Å². The van der Waals surface area contributed by atoms with Crippen LogP contribution in [0.25, 0.3) is 0 Å². The number of nitrogens with zero attached hydrogens (tertiary/aromatic N) is 1. The molecule has 0 spiro atoms. The van der Waals surface area contributed by atoms with Crippen molar-refractivity contribution < 1.29 is 4.79 Å². The largest absolute Gasteiger partial charge is 0.352 e. The highest BCUT2D eigenvalue weighted by molar-refractivity contribution is 5.85. The molecular formula is C15H24N2O. The van der Waals surface area contributed by atoms with E-state index in [1.807, 2.05) is 0 Å². The summed E-state index contributed by atoms with van der Waals surface area (Å²) in [5.41, 5.74) is -0.394. The summed E-state index contributed by atoms with van der Waals surface area (Å²) in [4.78, 5) is 12.4. The fourth-order valence-electron chi connectivity index (χ4n) is 3.43. The number of hydrogen-bond donors (Lipinski definition) is 1. The first-order valence-electron chi connectivity index (χ1n) is 7.20. The van der Waals surface area contributed by atoms with E-state index in [0.717, 1.165) is 51.4 Å². The van der Waals surface area contributed by atoms with Gasteiger partial charge in [0, 0.05) is 6.04 Å². The van der Waals surface area contributed by atoms with Crippen LogP contribution in [0.5, 0.6) is 0 Å². The van der Waals surface area contributed by atoms with Gasteiger partial charge in [-0.1, -0.05) is 33.1 Å². The van der Waals surface area contributed by atoms with E-state index in [2.05, 4.69) is 25.2 Å². The van der Waals surface area contributed by atoms with E-state index >= 15 is 0 Å². The topological polar surface area (TPSA) is 52.9 Å². The lowest BCUT2D eigenvalue weighted by molar-refractivity contribution is -0.130. The Labute approximate surface area is 110 Å². The van der Waals surface area contributed by atoms with E-state index < -0.39 is 5.41 Å². The zero-order chi connectivity index (χ0) is 13.2. The summed E-state index contributed by atoms with van der Waals surface area (Å²) in [6, 6.07) is 2.58. The molecule has 0 radical (unpaired) electrons. The highest BCUT2D eigenvalue weighted by Crippen LogP contribution is 2.39. The molecule has 2 fully saturated rings. The standard InChI is InChI=1S/C15H24N2O/c1-14(2)9-6-12(10-14)17-13(18)15(11-16)7-4-3-5-8-15/h12H,3-10H2,1-2H3,(H,17,18). The molecule has 0 heterocycles. The molecule has 18 heavy (non-hydrogen) atoms. The zero-order valence-corrected chi connectivity index (χ0v) is 11.6. The van der Waals surface area contributed by atoms with Crippen molar-refractivity contribution in [1.82, 2.24) is 5.32 Å². The number of hydrogen-bond acceptors (Lipinski definition) is 2. The second kappa shape index (κ2) is 4.91. The van der Waals surface area contributed by atoms with Gasteiger partial charge in [-0.2, -0.15) is 5.26 Å². The average molecular weight is 248 g/mol. The van der Waals surface area contributed by atoms with Crippen LogP contribution >= 0.6 is 0 Å². The Bertz CT molecular complexity index is 361. The summed E-state index contributed by atoms with van der Waals surface area (Å²) < 4.78 is 0. The summed E-state index contributed by atoms with van der Waals surface area (Å²) in [7, 11) is 0. The predicted octanol–water partition coefficient (Wildman–Crippen LogP) is 3.16. The Balaban J connectivity index is 1.97. The number of nitrogens with one attached hydrogen (secondary N) is 1. The third-order valence-corrected chi connectivity index (χ3v) is 4.66. The summed E-state index contributed by atoms with van der Waals surface area (Å²) in [6.07, 6.45) is 7.93. The van der Waals surface area contributed by atoms with E-state index in [-0.39, 0.29) is 11.9 Å². The zero-order valence-electron chi connectivity index (χ0n) is 11.6. The van der Waals surface area contributed by atoms with Gasteiger partial charge < -0.3 is 5.32 Å². The fraction of sp³-hybridized carbons (Fsp3) is 0.867. The van der Waals surface area contributed by atoms with Crippen molar-refractivity contribution in [3.63, 3.8) is 0 Å². The molecule has 3 nitrogen and oxygen atoms in total. The van der Waals surface area contributed by atoms with Crippen molar-refractivity contribution in [1.29, 1.82) is 5.26 Å². The monoisotopic (exact) mass is 248 g/mol. The molecular weight excluding hydrogens is 224 g/mol. The Kier molecular flexibility index (Phi) is 3.66. The van der Waals surface area contributed by atoms with Gasteiger partial charge in [-0.25, -0.2) is 0 Å². The minimum absolute atomic E-state index is 0.00704. The van der Waals surface area contributed by atoms with Crippen molar-refractivity contribution in [3.8, 4) is 6.07 Å². The Morgan fingerprint density at radius 2 is 1.89 bits per heavy atom. The average Bonchev–Trinajstić information content (AvgIpc) is 2.69. The van der Waals surface area contributed by atoms with E-state index in [4.69, 9.17) is 0 Å². The Morgan fingerprint density at radius 1 is 1.22 bits per heavy atom. The number of amides is 1. The maximum atomic E-state index is 12.4. The van der Waals surface area contributed by atoms with Crippen molar-refractivity contribution in [2.24, 2.45) is 10.8 Å². The van der Waals surface area contributed by atoms with Crippen LogP contribution in [0, 0.1) is 22.2 Å². The van der Waals surface area contributed by atoms with Crippen molar-refractivity contribution in [2.75, 3.05) is 0 Å². The summed E-state index contributed by atoms with van der Waals surface area (Å²) >= 11 is 0. The molecule has 0 aromatic rings. The van der Waals surface area contributed by atoms with E-state index in [1.54, 1.807) is 0 Å². The van der Waals surface area contributed by atoms with E-state index in [0.29, 0.717) is 5.41 Å². The van der Waals surface area contributed by atoms with Gasteiger partial charge in [0.2, 0.25) is 5.91 Å². The van der Waals surface area contributed by atoms with Crippen LogP contribution in [-0.2, 0) is 4.79 Å². The molecule has 0 aliphatic heterocycles. The van der Waals surface area contributed by atoms with Crippen LogP contribution < -0.4 is 5.32 Å². The van der Waals surface area contributed by atoms with Gasteiger partial charge >= 0.3 is 0 Å². The number of carbonyl (C=O) groups is 1. The van der Waals surface area contributed by atoms with Crippen LogP contribution in [0.4, 0.5) is 0 Å². The van der Waals surface area contributed by atoms with E-state index in [9.17, 15) is 10.1 Å². The Morgan fingerprint density at radius 3 is 2.39 bits per heavy atom. The maximum Gasteiger partial charge on any atom is 0.240 e. The van der Waals surface area contributed by atoms with Gasteiger partial charge in [0.15, 0.2) is 0 Å². The molecule has 0 aromatic heterocycles. The van der Waals surface area contributed by atoms with Gasteiger partial charge in [0.05, 0.1) is 6.07 Å². The third kappa shape index (κ3) is 2.68. The third-order valence-electron chi connectivity index (χ3n) is 4.66. The molecule has 2 rings (SSSR count). The van der Waals surface area contributed by atoms with Gasteiger partial charge in [-0.3, -0.25) is 4.79 Å². The molecule has 0 saturated heterocycles. The van der Waals surface area contributed by atoms with Crippen LogP contribution in [0.2, 0.25) is 0 Å². The molecule has 0 bridgehead atoms. The molecule has 2 aliphatic carbocycles. The van der Waals surface area contributed by atoms with E-state index in [1.165, 1.54) is 0 Å². The fourth-order valence-corrected chi connectivity index (χ4v) is 3.43. The highest BCUT2D eigenvalue weighted by atomic mass is 16.2. The molecule has 1 atom stereocenters. The lowest BCUT2D eigenvalue weighted by atomic mass is 9.74. The van der Waals surface area contributed by atoms with Crippen molar-refractivity contribution >= 4 is 5.91 Å². The highest BCUT2D eigenvalue weighted by Gasteiger charge is 2.42. The second-order valence-corrected chi connectivity index (χ2v) is 6.83. The smallest absolute Gasteiger partial charge is 0.240 e. The summed E-state index contributed by atoms with van der Waals surface area (Å²) in [5.74, 6) is -0.00704. The van der Waals surface area contributed by atoms with Crippen molar-refractivity contribution in [2.45, 2.75) is 71.3 Å². The Hall–Kier alpha value is -1.04. The van der Waals surface area contributed by atoms with Gasteiger partial charge in [-0.15, -0.1) is 0 Å². The summed E-state index contributed by atoms with van der Waals surface area (Å²) in [6.45, 7) is 4.50. The normalized spacial score (nSPS) is 29.5. The number of rotatable bonds is 2. The molecule has 0 aromatic carbocycles. The minimum Gasteiger partial charge on any atom is -0.352 e. The molecule has 3 heteroatoms. The molecule has 1 N–H and O–H groups in total. The molecule has 1 amide bonds. The first-order valence-corrected chi connectivity index (χ1v) is 7.20. The van der Waals surface area contributed by atoms with Gasteiger partial charge in [0.25, 0.3) is 0 Å². The lowest BCUT2D eigenvalue weighted by Gasteiger charge is -2.30. The first kappa shape index (κ1) is 13.4. The minimum atomic E-state index is -0.731. The van der Waals surface area contributed by atoms with Crippen molar-refractivity contribution in [3.05, 3.63) is 0 Å². The number of carbonyl (C=O) groups excluding carboxylic acids is 1. The maximum absolute atomic E-state index is 12.4. The molecule has 1 unspecified atom stereocenters.